The number of carbonyl (C=O) groups excluding carboxylic acids is 1. The number of likely N-dealkylation sites (tertiary alicyclic amines) is 1. The van der Waals surface area contributed by atoms with Crippen LogP contribution in [0.15, 0.2) is 52.5 Å². The molecule has 2 atom stereocenters. The van der Waals surface area contributed by atoms with Crippen molar-refractivity contribution < 1.29 is 18.0 Å². The SMILES string of the molecule is CN1C2CCC1CN(C1=NC(=O)/C(=C/c3ccc4c(cnn4Cc4ccc(Cl)cc4C(F)(F)F)c3)S1)C2. The summed E-state index contributed by atoms with van der Waals surface area (Å²) in [6, 6.07) is 10.3. The molecule has 1 aromatic heterocycles. The van der Waals surface area contributed by atoms with E-state index in [2.05, 4.69) is 26.9 Å². The van der Waals surface area contributed by atoms with Crippen LogP contribution in [-0.4, -0.2) is 62.9 Å². The van der Waals surface area contributed by atoms with Gasteiger partial charge in [0.25, 0.3) is 5.91 Å². The third-order valence-electron chi connectivity index (χ3n) is 7.39. The van der Waals surface area contributed by atoms with E-state index in [-0.39, 0.29) is 23.0 Å². The fourth-order valence-electron chi connectivity index (χ4n) is 5.39. The van der Waals surface area contributed by atoms with Crippen LogP contribution >= 0.6 is 23.4 Å². The van der Waals surface area contributed by atoms with Gasteiger partial charge in [-0.15, -0.1) is 0 Å². The molecule has 3 aromatic rings. The van der Waals surface area contributed by atoms with Gasteiger partial charge in [-0.05, 0) is 73.1 Å². The third kappa shape index (κ3) is 4.66. The molecule has 11 heteroatoms. The van der Waals surface area contributed by atoms with Crippen molar-refractivity contribution in [2.45, 2.75) is 37.6 Å². The van der Waals surface area contributed by atoms with E-state index in [9.17, 15) is 18.0 Å². The van der Waals surface area contributed by atoms with Crippen molar-refractivity contribution in [1.29, 1.82) is 0 Å². The van der Waals surface area contributed by atoms with Crippen LogP contribution in [0.2, 0.25) is 5.02 Å². The number of aliphatic imine (C=N–C) groups is 1. The summed E-state index contributed by atoms with van der Waals surface area (Å²) in [5.74, 6) is -0.246. The molecule has 0 aliphatic carbocycles. The number of halogens is 4. The van der Waals surface area contributed by atoms with Gasteiger partial charge < -0.3 is 4.90 Å². The van der Waals surface area contributed by atoms with Gasteiger partial charge >= 0.3 is 6.18 Å². The Labute approximate surface area is 220 Å². The van der Waals surface area contributed by atoms with Crippen LogP contribution < -0.4 is 0 Å². The van der Waals surface area contributed by atoms with Crippen LogP contribution in [0.4, 0.5) is 13.2 Å². The Kier molecular flexibility index (Phi) is 6.08. The van der Waals surface area contributed by atoms with Crippen LogP contribution in [0.25, 0.3) is 17.0 Å². The van der Waals surface area contributed by atoms with Crippen LogP contribution in [0, 0.1) is 0 Å². The second-order valence-corrected chi connectivity index (χ2v) is 11.1. The number of aromatic nitrogens is 2. The Balaban J connectivity index is 1.21. The Hall–Kier alpha value is -2.82. The lowest BCUT2D eigenvalue weighted by Gasteiger charge is -2.39. The maximum absolute atomic E-state index is 13.5. The number of amidine groups is 1. The predicted molar refractivity (Wildman–Crippen MR) is 139 cm³/mol. The normalized spacial score (nSPS) is 23.5. The first kappa shape index (κ1) is 24.5. The molecule has 1 amide bonds. The van der Waals surface area contributed by atoms with Crippen molar-refractivity contribution >= 4 is 51.4 Å². The molecular formula is C26H23ClF3N5OS. The first-order chi connectivity index (χ1) is 17.7. The first-order valence-electron chi connectivity index (χ1n) is 12.0. The van der Waals surface area contributed by atoms with Crippen molar-refractivity contribution in [3.05, 3.63) is 69.2 Å². The van der Waals surface area contributed by atoms with E-state index >= 15 is 0 Å². The third-order valence-corrected chi connectivity index (χ3v) is 8.67. The van der Waals surface area contributed by atoms with E-state index in [1.807, 2.05) is 24.3 Å². The van der Waals surface area contributed by atoms with E-state index in [4.69, 9.17) is 11.6 Å². The van der Waals surface area contributed by atoms with Gasteiger partial charge in [0.2, 0.25) is 0 Å². The van der Waals surface area contributed by atoms with Gasteiger partial charge in [-0.2, -0.15) is 23.3 Å². The molecule has 0 spiro atoms. The van der Waals surface area contributed by atoms with Crippen molar-refractivity contribution in [2.24, 2.45) is 4.99 Å². The summed E-state index contributed by atoms with van der Waals surface area (Å²) < 4.78 is 42.1. The minimum absolute atomic E-state index is 0.0329. The lowest BCUT2D eigenvalue weighted by Crippen LogP contribution is -2.52. The van der Waals surface area contributed by atoms with Gasteiger partial charge in [0.05, 0.1) is 28.7 Å². The number of fused-ring (bicyclic) bond motifs is 3. The average molecular weight is 546 g/mol. The van der Waals surface area contributed by atoms with E-state index in [1.54, 1.807) is 6.20 Å². The number of hydrogen-bond acceptors (Lipinski definition) is 5. The Bertz CT molecular complexity index is 1450. The van der Waals surface area contributed by atoms with Gasteiger partial charge in [0, 0.05) is 35.6 Å². The number of nitrogens with zero attached hydrogens (tertiary/aromatic N) is 5. The molecule has 3 aliphatic heterocycles. The smallest absolute Gasteiger partial charge is 0.348 e. The number of thioether (sulfide) groups is 1. The molecule has 2 bridgehead atoms. The molecule has 37 heavy (non-hydrogen) atoms. The Morgan fingerprint density at radius 1 is 1.14 bits per heavy atom. The highest BCUT2D eigenvalue weighted by Crippen LogP contribution is 2.36. The monoisotopic (exact) mass is 545 g/mol. The predicted octanol–water partition coefficient (Wildman–Crippen LogP) is 5.51. The number of carbonyl (C=O) groups is 1. The van der Waals surface area contributed by atoms with E-state index in [0.717, 1.165) is 35.3 Å². The van der Waals surface area contributed by atoms with Crippen LogP contribution in [-0.2, 0) is 17.5 Å². The topological polar surface area (TPSA) is 53.7 Å². The summed E-state index contributed by atoms with van der Waals surface area (Å²) in [5.41, 5.74) is 0.815. The molecule has 4 heterocycles. The fourth-order valence-corrected chi connectivity index (χ4v) is 6.49. The largest absolute Gasteiger partial charge is 0.416 e. The second kappa shape index (κ2) is 9.18. The Morgan fingerprint density at radius 3 is 2.62 bits per heavy atom. The lowest BCUT2D eigenvalue weighted by molar-refractivity contribution is -0.138. The highest BCUT2D eigenvalue weighted by atomic mass is 35.5. The molecule has 6 nitrogen and oxygen atoms in total. The second-order valence-electron chi connectivity index (χ2n) is 9.69. The standard InChI is InChI=1S/C26H23ClF3N5OS/c1-33-19-5-6-20(33)14-34(13-19)25-32-24(36)23(37-25)9-15-2-7-22-17(8-15)11-31-35(22)12-16-3-4-18(27)10-21(16)26(28,29)30/h2-4,7-11,19-20H,5-6,12-14H2,1H3/b23-9-. The highest BCUT2D eigenvalue weighted by molar-refractivity contribution is 8.18. The first-order valence-corrected chi connectivity index (χ1v) is 13.2. The van der Waals surface area contributed by atoms with Gasteiger partial charge in [-0.25, -0.2) is 0 Å². The minimum Gasteiger partial charge on any atom is -0.348 e. The molecule has 6 rings (SSSR count). The summed E-state index contributed by atoms with van der Waals surface area (Å²) in [5, 5.41) is 5.88. The minimum atomic E-state index is -4.52. The molecule has 3 aliphatic rings. The molecule has 2 unspecified atom stereocenters. The summed E-state index contributed by atoms with van der Waals surface area (Å²) in [6.07, 6.45) is 1.27. The van der Waals surface area contributed by atoms with Gasteiger partial charge in [0.15, 0.2) is 5.17 Å². The maximum atomic E-state index is 13.5. The number of benzene rings is 2. The van der Waals surface area contributed by atoms with Crippen molar-refractivity contribution in [3.63, 3.8) is 0 Å². The van der Waals surface area contributed by atoms with Crippen molar-refractivity contribution in [2.75, 3.05) is 20.1 Å². The zero-order valence-electron chi connectivity index (χ0n) is 19.9. The molecule has 0 N–H and O–H groups in total. The summed E-state index contributed by atoms with van der Waals surface area (Å²) in [7, 11) is 2.17. The zero-order chi connectivity index (χ0) is 25.9. The molecule has 2 saturated heterocycles. The van der Waals surface area contributed by atoms with Crippen molar-refractivity contribution in [1.82, 2.24) is 19.6 Å². The van der Waals surface area contributed by atoms with E-state index < -0.39 is 11.7 Å². The van der Waals surface area contributed by atoms with Gasteiger partial charge in [-0.3, -0.25) is 14.4 Å². The number of amides is 1. The summed E-state index contributed by atoms with van der Waals surface area (Å²) >= 11 is 7.21. The highest BCUT2D eigenvalue weighted by Gasteiger charge is 2.40. The van der Waals surface area contributed by atoms with Crippen LogP contribution in [0.3, 0.4) is 0 Å². The van der Waals surface area contributed by atoms with Gasteiger partial charge in [0.1, 0.15) is 0 Å². The number of likely N-dealkylation sites (N-methyl/N-ethyl adjacent to an activating group) is 1. The van der Waals surface area contributed by atoms with E-state index in [1.165, 1.54) is 41.4 Å². The molecule has 2 aromatic carbocycles. The quantitative estimate of drug-likeness (QED) is 0.407. The van der Waals surface area contributed by atoms with Crippen LogP contribution in [0.5, 0.6) is 0 Å². The summed E-state index contributed by atoms with van der Waals surface area (Å²) in [6.45, 7) is 1.72. The number of piperazine rings is 1. The molecule has 192 valence electrons. The van der Waals surface area contributed by atoms with E-state index in [0.29, 0.717) is 22.5 Å². The zero-order valence-corrected chi connectivity index (χ0v) is 21.4. The molecule has 2 fully saturated rings. The fraction of sp³-hybridized carbons (Fsp3) is 0.346. The van der Waals surface area contributed by atoms with Gasteiger partial charge in [-0.1, -0.05) is 23.7 Å². The molecule has 0 saturated carbocycles. The number of alkyl halides is 3. The molecular weight excluding hydrogens is 523 g/mol. The van der Waals surface area contributed by atoms with Crippen molar-refractivity contribution in [3.8, 4) is 0 Å². The average Bonchev–Trinajstić information content (AvgIpc) is 3.46. The molecule has 0 radical (unpaired) electrons. The maximum Gasteiger partial charge on any atom is 0.416 e. The number of rotatable bonds is 3. The number of hydrogen-bond donors (Lipinski definition) is 0. The van der Waals surface area contributed by atoms with Crippen LogP contribution in [0.1, 0.15) is 29.5 Å². The summed E-state index contributed by atoms with van der Waals surface area (Å²) in [4.78, 5) is 22.2. The lowest BCUT2D eigenvalue weighted by atomic mass is 10.1. The Morgan fingerprint density at radius 2 is 1.89 bits per heavy atom.